The summed E-state index contributed by atoms with van der Waals surface area (Å²) in [7, 11) is 0. The number of benzene rings is 1. The van der Waals surface area contributed by atoms with Crippen LogP contribution in [0.2, 0.25) is 0 Å². The number of likely N-dealkylation sites (tertiary alicyclic amines) is 2. The minimum Gasteiger partial charge on any atom is -0.308 e. The molecule has 0 radical (unpaired) electrons. The van der Waals surface area contributed by atoms with Crippen molar-refractivity contribution >= 4 is 17.2 Å². The molecule has 1 saturated carbocycles. The van der Waals surface area contributed by atoms with E-state index in [-0.39, 0.29) is 0 Å². The Kier molecular flexibility index (Phi) is 5.78. The summed E-state index contributed by atoms with van der Waals surface area (Å²) in [6, 6.07) is 12.7. The molecule has 5 heteroatoms. The van der Waals surface area contributed by atoms with E-state index in [4.69, 9.17) is 9.97 Å². The Labute approximate surface area is 203 Å². The molecule has 0 spiro atoms. The Bertz CT molecular complexity index is 1200. The van der Waals surface area contributed by atoms with Crippen molar-refractivity contribution in [3.63, 3.8) is 0 Å². The molecular weight excluding hydrogens is 418 g/mol. The number of nitrogens with zero attached hydrogens (tertiary/aromatic N) is 5. The van der Waals surface area contributed by atoms with Crippen LogP contribution in [0, 0.1) is 19.8 Å². The smallest absolute Gasteiger partial charge is 0.160 e. The van der Waals surface area contributed by atoms with Crippen LogP contribution in [0.4, 0.5) is 0 Å². The number of imidazole rings is 1. The Hall–Kier alpha value is -2.50. The maximum Gasteiger partial charge on any atom is 0.160 e. The van der Waals surface area contributed by atoms with Gasteiger partial charge in [-0.3, -0.25) is 9.80 Å². The number of fused-ring (bicyclic) bond motifs is 3. The molecule has 2 atom stereocenters. The zero-order valence-corrected chi connectivity index (χ0v) is 20.9. The van der Waals surface area contributed by atoms with Gasteiger partial charge < -0.3 is 4.57 Å². The molecule has 0 N–H and O–H groups in total. The Balaban J connectivity index is 1.08. The molecule has 178 valence electrons. The van der Waals surface area contributed by atoms with Gasteiger partial charge in [-0.2, -0.15) is 0 Å². The van der Waals surface area contributed by atoms with Crippen LogP contribution in [0.25, 0.3) is 17.2 Å². The van der Waals surface area contributed by atoms with Gasteiger partial charge in [-0.05, 0) is 61.8 Å². The summed E-state index contributed by atoms with van der Waals surface area (Å²) in [5.41, 5.74) is 6.87. The Morgan fingerprint density at radius 3 is 2.47 bits per heavy atom. The van der Waals surface area contributed by atoms with E-state index in [0.29, 0.717) is 0 Å². The van der Waals surface area contributed by atoms with Crippen LogP contribution < -0.4 is 0 Å². The summed E-state index contributed by atoms with van der Waals surface area (Å²) in [4.78, 5) is 15.2. The molecule has 3 aliphatic rings. The molecular formula is C29H37N5. The molecule has 3 fully saturated rings. The van der Waals surface area contributed by atoms with Gasteiger partial charge in [-0.1, -0.05) is 43.3 Å². The molecule has 5 nitrogen and oxygen atoms in total. The van der Waals surface area contributed by atoms with Gasteiger partial charge in [0.15, 0.2) is 5.65 Å². The van der Waals surface area contributed by atoms with Crippen molar-refractivity contribution in [1.29, 1.82) is 0 Å². The van der Waals surface area contributed by atoms with Gasteiger partial charge in [0.1, 0.15) is 11.3 Å². The number of hydrogen-bond donors (Lipinski definition) is 0. The fourth-order valence-corrected chi connectivity index (χ4v) is 6.04. The first-order valence-electron chi connectivity index (χ1n) is 13.1. The van der Waals surface area contributed by atoms with Crippen molar-refractivity contribution in [2.75, 3.05) is 26.2 Å². The van der Waals surface area contributed by atoms with Crippen LogP contribution in [0.3, 0.4) is 0 Å². The molecule has 0 amide bonds. The van der Waals surface area contributed by atoms with Crippen LogP contribution >= 0.6 is 0 Å². The van der Waals surface area contributed by atoms with Crippen molar-refractivity contribution in [2.24, 2.45) is 5.92 Å². The summed E-state index contributed by atoms with van der Waals surface area (Å²) < 4.78 is 2.29. The van der Waals surface area contributed by atoms with Gasteiger partial charge in [-0.25, -0.2) is 9.97 Å². The number of piperazine rings is 1. The third-order valence-corrected chi connectivity index (χ3v) is 8.05. The summed E-state index contributed by atoms with van der Waals surface area (Å²) in [5.74, 6) is 2.12. The van der Waals surface area contributed by atoms with E-state index in [2.05, 4.69) is 77.6 Å². The zero-order chi connectivity index (χ0) is 23.2. The second-order valence-corrected chi connectivity index (χ2v) is 10.8. The second-order valence-electron chi connectivity index (χ2n) is 10.8. The van der Waals surface area contributed by atoms with Gasteiger partial charge in [-0.15, -0.1) is 0 Å². The first kappa shape index (κ1) is 22.0. The molecule has 2 aliphatic heterocycles. The third-order valence-electron chi connectivity index (χ3n) is 8.05. The monoisotopic (exact) mass is 455 g/mol. The summed E-state index contributed by atoms with van der Waals surface area (Å²) in [6.07, 6.45) is 9.87. The SMILES string of the molecule is CCc1nc2c(C)cc(C)nc2n1Cc1ccc(C=CCN2C[C@H]3C[C@@H]2CN3CC2CC2)cc1. The van der Waals surface area contributed by atoms with Gasteiger partial charge in [0, 0.05) is 50.4 Å². The van der Waals surface area contributed by atoms with E-state index >= 15 is 0 Å². The highest BCUT2D eigenvalue weighted by molar-refractivity contribution is 5.76. The lowest BCUT2D eigenvalue weighted by Gasteiger charge is -2.33. The average Bonchev–Trinajstić information content (AvgIpc) is 3.27. The zero-order valence-electron chi connectivity index (χ0n) is 20.9. The Morgan fingerprint density at radius 2 is 1.76 bits per heavy atom. The summed E-state index contributed by atoms with van der Waals surface area (Å²) >= 11 is 0. The van der Waals surface area contributed by atoms with Crippen molar-refractivity contribution in [3.8, 4) is 0 Å². The van der Waals surface area contributed by atoms with Gasteiger partial charge in [0.2, 0.25) is 0 Å². The fraction of sp³-hybridized carbons (Fsp3) is 0.517. The van der Waals surface area contributed by atoms with E-state index < -0.39 is 0 Å². The van der Waals surface area contributed by atoms with Gasteiger partial charge in [0.05, 0.1) is 6.54 Å². The second kappa shape index (κ2) is 8.94. The summed E-state index contributed by atoms with van der Waals surface area (Å²) in [6.45, 7) is 12.2. The van der Waals surface area contributed by atoms with Crippen LogP contribution in [0.15, 0.2) is 36.4 Å². The predicted molar refractivity (Wildman–Crippen MR) is 139 cm³/mol. The molecule has 1 aliphatic carbocycles. The maximum absolute atomic E-state index is 4.88. The topological polar surface area (TPSA) is 37.2 Å². The number of hydrogen-bond acceptors (Lipinski definition) is 4. The van der Waals surface area contributed by atoms with Crippen molar-refractivity contribution in [2.45, 2.75) is 65.1 Å². The first-order valence-corrected chi connectivity index (χ1v) is 13.1. The molecule has 6 rings (SSSR count). The number of rotatable bonds is 8. The van der Waals surface area contributed by atoms with Crippen molar-refractivity contribution in [1.82, 2.24) is 24.3 Å². The fourth-order valence-electron chi connectivity index (χ4n) is 6.04. The maximum atomic E-state index is 4.88. The largest absolute Gasteiger partial charge is 0.308 e. The highest BCUT2D eigenvalue weighted by atomic mass is 15.3. The van der Waals surface area contributed by atoms with E-state index in [9.17, 15) is 0 Å². The predicted octanol–water partition coefficient (Wildman–Crippen LogP) is 4.84. The number of aryl methyl sites for hydroxylation is 3. The van der Waals surface area contributed by atoms with Crippen LogP contribution in [-0.2, 0) is 13.0 Å². The number of aromatic nitrogens is 3. The van der Waals surface area contributed by atoms with Crippen molar-refractivity contribution < 1.29 is 0 Å². The highest BCUT2D eigenvalue weighted by Gasteiger charge is 2.43. The number of pyridine rings is 1. The normalized spacial score (nSPS) is 23.1. The molecule has 2 saturated heterocycles. The minimum absolute atomic E-state index is 0.773. The Morgan fingerprint density at radius 1 is 1.00 bits per heavy atom. The average molecular weight is 456 g/mol. The van der Waals surface area contributed by atoms with Crippen LogP contribution in [0.5, 0.6) is 0 Å². The minimum atomic E-state index is 0.773. The summed E-state index contributed by atoms with van der Waals surface area (Å²) in [5, 5.41) is 0. The quantitative estimate of drug-likeness (QED) is 0.487. The lowest BCUT2D eigenvalue weighted by molar-refractivity contribution is 0.134. The molecule has 1 aromatic carbocycles. The molecule has 2 bridgehead atoms. The van der Waals surface area contributed by atoms with E-state index in [1.807, 2.05) is 0 Å². The van der Waals surface area contributed by atoms with E-state index in [0.717, 1.165) is 60.2 Å². The lowest BCUT2D eigenvalue weighted by Crippen LogP contribution is -2.46. The molecule has 2 aromatic heterocycles. The van der Waals surface area contributed by atoms with Crippen molar-refractivity contribution in [3.05, 3.63) is 64.6 Å². The molecule has 0 unspecified atom stereocenters. The highest BCUT2D eigenvalue weighted by Crippen LogP contribution is 2.36. The van der Waals surface area contributed by atoms with Crippen LogP contribution in [0.1, 0.15) is 54.4 Å². The standard InChI is InChI=1S/C29H37N5/c1-4-27-31-28-20(2)14-21(3)30-29(28)34(27)17-24-9-7-22(8-10-24)6-5-13-32-18-26-15-25(32)19-33(26)16-23-11-12-23/h5-10,14,23,25-26H,4,11-13,15-19H2,1-3H3/t25-,26-/m1/s1. The van der Waals surface area contributed by atoms with Gasteiger partial charge >= 0.3 is 0 Å². The van der Waals surface area contributed by atoms with E-state index in [1.165, 1.54) is 55.6 Å². The third kappa shape index (κ3) is 4.32. The molecule has 34 heavy (non-hydrogen) atoms. The van der Waals surface area contributed by atoms with Gasteiger partial charge in [0.25, 0.3) is 0 Å². The molecule has 4 heterocycles. The van der Waals surface area contributed by atoms with E-state index in [1.54, 1.807) is 0 Å². The van der Waals surface area contributed by atoms with Crippen LogP contribution in [-0.4, -0.2) is 62.6 Å². The lowest BCUT2D eigenvalue weighted by atomic mass is 10.1. The molecule has 3 aromatic rings. The first-order chi connectivity index (χ1) is 16.6.